The number of nitrogens with zero attached hydrogens (tertiary/aromatic N) is 3. The molecule has 7 heteroatoms. The van der Waals surface area contributed by atoms with Gasteiger partial charge in [-0.2, -0.15) is 0 Å². The van der Waals surface area contributed by atoms with Crippen LogP contribution in [0.1, 0.15) is 11.4 Å². The Morgan fingerprint density at radius 3 is 2.50 bits per heavy atom. The van der Waals surface area contributed by atoms with E-state index in [-0.39, 0.29) is 11.2 Å². The maximum Gasteiger partial charge on any atom is 0.269 e. The lowest BCUT2D eigenvalue weighted by Gasteiger charge is -2.12. The highest BCUT2D eigenvalue weighted by Crippen LogP contribution is 2.20. The van der Waals surface area contributed by atoms with Gasteiger partial charge in [0.1, 0.15) is 11.6 Å². The highest BCUT2D eigenvalue weighted by Gasteiger charge is 2.12. The Morgan fingerprint density at radius 1 is 1.00 bits per heavy atom. The molecule has 0 spiro atoms. The Hall–Kier alpha value is -4.26. The van der Waals surface area contributed by atoms with Crippen LogP contribution < -0.4 is 10.3 Å². The molecule has 3 aromatic carbocycles. The van der Waals surface area contributed by atoms with E-state index in [4.69, 9.17) is 4.74 Å². The first-order valence-electron chi connectivity index (χ1n) is 9.15. The van der Waals surface area contributed by atoms with E-state index in [9.17, 15) is 14.9 Å². The fourth-order valence-corrected chi connectivity index (χ4v) is 3.14. The monoisotopic (exact) mass is 399 g/mol. The fourth-order valence-electron chi connectivity index (χ4n) is 3.14. The summed E-state index contributed by atoms with van der Waals surface area (Å²) in [6.07, 6.45) is 3.48. The quantitative estimate of drug-likeness (QED) is 0.365. The number of hydrogen-bond acceptors (Lipinski definition) is 5. The minimum atomic E-state index is -0.446. The molecule has 0 atom stereocenters. The summed E-state index contributed by atoms with van der Waals surface area (Å²) in [6.45, 7) is 0. The standard InChI is InChI=1S/C23H17N3O4/c1-30-19-6-4-5-18(15-19)25-22(24-21-8-3-2-7-20(21)23(25)27)14-11-16-9-12-17(13-10-16)26(28)29/h2-15H,1H3/b14-11-. The van der Waals surface area contributed by atoms with Crippen LogP contribution in [0.5, 0.6) is 5.75 Å². The summed E-state index contributed by atoms with van der Waals surface area (Å²) in [5.41, 5.74) is 1.78. The van der Waals surface area contributed by atoms with Crippen LogP contribution in [0.3, 0.4) is 0 Å². The second-order valence-electron chi connectivity index (χ2n) is 6.51. The van der Waals surface area contributed by atoms with Gasteiger partial charge < -0.3 is 4.74 Å². The Kier molecular flexibility index (Phi) is 5.09. The zero-order valence-electron chi connectivity index (χ0n) is 16.1. The van der Waals surface area contributed by atoms with Crippen LogP contribution in [-0.2, 0) is 0 Å². The molecular weight excluding hydrogens is 382 g/mol. The van der Waals surface area contributed by atoms with Crippen molar-refractivity contribution in [2.24, 2.45) is 0 Å². The molecule has 0 saturated carbocycles. The van der Waals surface area contributed by atoms with Gasteiger partial charge in [0.05, 0.1) is 28.6 Å². The molecule has 0 radical (unpaired) electrons. The number of rotatable bonds is 5. The predicted molar refractivity (Wildman–Crippen MR) is 116 cm³/mol. The van der Waals surface area contributed by atoms with Crippen LogP contribution in [0.2, 0.25) is 0 Å². The average Bonchev–Trinajstić information content (AvgIpc) is 2.78. The molecule has 30 heavy (non-hydrogen) atoms. The summed E-state index contributed by atoms with van der Waals surface area (Å²) in [4.78, 5) is 28.3. The van der Waals surface area contributed by atoms with E-state index < -0.39 is 4.92 Å². The van der Waals surface area contributed by atoms with Crippen LogP contribution in [0.25, 0.3) is 28.7 Å². The van der Waals surface area contributed by atoms with Crippen molar-refractivity contribution in [3.63, 3.8) is 0 Å². The van der Waals surface area contributed by atoms with Gasteiger partial charge in [-0.3, -0.25) is 19.5 Å². The van der Waals surface area contributed by atoms with Crippen molar-refractivity contribution in [3.8, 4) is 11.4 Å². The van der Waals surface area contributed by atoms with Gasteiger partial charge in [0.2, 0.25) is 0 Å². The number of non-ortho nitro benzene ring substituents is 1. The first-order valence-corrected chi connectivity index (χ1v) is 9.15. The number of fused-ring (bicyclic) bond motifs is 1. The molecule has 7 nitrogen and oxygen atoms in total. The molecule has 0 unspecified atom stereocenters. The molecule has 4 rings (SSSR count). The van der Waals surface area contributed by atoms with E-state index in [0.29, 0.717) is 28.2 Å². The average molecular weight is 399 g/mol. The van der Waals surface area contributed by atoms with E-state index in [1.165, 1.54) is 16.7 Å². The molecule has 1 aromatic heterocycles. The minimum Gasteiger partial charge on any atom is -0.497 e. The third kappa shape index (κ3) is 3.68. The van der Waals surface area contributed by atoms with E-state index in [2.05, 4.69) is 4.98 Å². The Morgan fingerprint density at radius 2 is 1.77 bits per heavy atom. The summed E-state index contributed by atoms with van der Waals surface area (Å²) in [5, 5.41) is 11.3. The van der Waals surface area contributed by atoms with Crippen LogP contribution in [0.4, 0.5) is 5.69 Å². The largest absolute Gasteiger partial charge is 0.497 e. The van der Waals surface area contributed by atoms with E-state index in [1.54, 1.807) is 67.8 Å². The number of nitro benzene ring substituents is 1. The van der Waals surface area contributed by atoms with Crippen molar-refractivity contribution in [1.82, 2.24) is 9.55 Å². The third-order valence-electron chi connectivity index (χ3n) is 4.64. The van der Waals surface area contributed by atoms with Crippen LogP contribution in [-0.4, -0.2) is 21.6 Å². The van der Waals surface area contributed by atoms with E-state index >= 15 is 0 Å². The van der Waals surface area contributed by atoms with E-state index in [1.807, 2.05) is 12.1 Å². The highest BCUT2D eigenvalue weighted by molar-refractivity contribution is 5.80. The van der Waals surface area contributed by atoms with Gasteiger partial charge in [-0.15, -0.1) is 0 Å². The van der Waals surface area contributed by atoms with Gasteiger partial charge in [0.15, 0.2) is 0 Å². The molecule has 0 N–H and O–H groups in total. The smallest absolute Gasteiger partial charge is 0.269 e. The van der Waals surface area contributed by atoms with Crippen molar-refractivity contribution in [2.45, 2.75) is 0 Å². The molecule has 0 saturated heterocycles. The van der Waals surface area contributed by atoms with Crippen molar-refractivity contribution < 1.29 is 9.66 Å². The number of hydrogen-bond donors (Lipinski definition) is 0. The topological polar surface area (TPSA) is 87.3 Å². The maximum atomic E-state index is 13.3. The molecule has 0 aliphatic heterocycles. The molecule has 0 aliphatic carbocycles. The molecule has 148 valence electrons. The molecule has 0 aliphatic rings. The summed E-state index contributed by atoms with van der Waals surface area (Å²) >= 11 is 0. The number of benzene rings is 3. The lowest BCUT2D eigenvalue weighted by atomic mass is 10.2. The van der Waals surface area contributed by atoms with Gasteiger partial charge in [0, 0.05) is 18.2 Å². The first kappa shape index (κ1) is 19.1. The zero-order chi connectivity index (χ0) is 21.1. The molecule has 0 amide bonds. The van der Waals surface area contributed by atoms with Gasteiger partial charge in [0.25, 0.3) is 11.2 Å². The normalized spacial score (nSPS) is 11.1. The minimum absolute atomic E-state index is 0.0178. The third-order valence-corrected chi connectivity index (χ3v) is 4.64. The maximum absolute atomic E-state index is 13.3. The van der Waals surface area contributed by atoms with Gasteiger partial charge in [-0.1, -0.05) is 24.3 Å². The van der Waals surface area contributed by atoms with Crippen molar-refractivity contribution in [1.29, 1.82) is 0 Å². The van der Waals surface area contributed by atoms with Crippen molar-refractivity contribution in [2.75, 3.05) is 7.11 Å². The molecule has 4 aromatic rings. The lowest BCUT2D eigenvalue weighted by molar-refractivity contribution is -0.384. The summed E-state index contributed by atoms with van der Waals surface area (Å²) < 4.78 is 6.82. The number of nitro groups is 1. The Balaban J connectivity index is 1.87. The Labute approximate surface area is 171 Å². The van der Waals surface area contributed by atoms with Crippen LogP contribution >= 0.6 is 0 Å². The molecule has 0 fully saturated rings. The predicted octanol–water partition coefficient (Wildman–Crippen LogP) is 4.47. The molecular formula is C23H17N3O4. The van der Waals surface area contributed by atoms with Crippen LogP contribution in [0.15, 0.2) is 77.6 Å². The van der Waals surface area contributed by atoms with Crippen molar-refractivity contribution >= 4 is 28.7 Å². The highest BCUT2D eigenvalue weighted by atomic mass is 16.6. The second-order valence-corrected chi connectivity index (χ2v) is 6.51. The molecule has 1 heterocycles. The summed E-state index contributed by atoms with van der Waals surface area (Å²) in [6, 6.07) is 20.5. The number of methoxy groups -OCH3 is 1. The van der Waals surface area contributed by atoms with E-state index in [0.717, 1.165) is 5.56 Å². The lowest BCUT2D eigenvalue weighted by Crippen LogP contribution is -2.22. The second kappa shape index (κ2) is 8.00. The van der Waals surface area contributed by atoms with Gasteiger partial charge >= 0.3 is 0 Å². The van der Waals surface area contributed by atoms with Gasteiger partial charge in [-0.05, 0) is 48.0 Å². The fraction of sp³-hybridized carbons (Fsp3) is 0.0435. The summed E-state index contributed by atoms with van der Waals surface area (Å²) in [7, 11) is 1.57. The number of aromatic nitrogens is 2. The number of para-hydroxylation sites is 1. The first-order chi connectivity index (χ1) is 14.6. The SMILES string of the molecule is COc1cccc(-n2c(/C=C\c3ccc([N+](=O)[O-])cc3)nc3ccccc3c2=O)c1. The zero-order valence-corrected chi connectivity index (χ0v) is 16.1. The summed E-state index contributed by atoms with van der Waals surface area (Å²) in [5.74, 6) is 1.06. The molecule has 0 bridgehead atoms. The van der Waals surface area contributed by atoms with Crippen molar-refractivity contribution in [3.05, 3.63) is 105 Å². The van der Waals surface area contributed by atoms with Gasteiger partial charge in [-0.25, -0.2) is 4.98 Å². The number of ether oxygens (including phenoxy) is 1. The van der Waals surface area contributed by atoms with Crippen LogP contribution in [0, 0.1) is 10.1 Å². The Bertz CT molecular complexity index is 1320.